The van der Waals surface area contributed by atoms with Crippen molar-refractivity contribution in [1.29, 1.82) is 0 Å². The van der Waals surface area contributed by atoms with Crippen LogP contribution in [0.1, 0.15) is 38.4 Å². The number of benzene rings is 2. The average molecular weight is 476 g/mol. The third-order valence-electron chi connectivity index (χ3n) is 5.87. The van der Waals surface area contributed by atoms with Gasteiger partial charge >= 0.3 is 6.03 Å². The number of urea groups is 1. The first-order chi connectivity index (χ1) is 17.0. The van der Waals surface area contributed by atoms with Crippen LogP contribution in [0.3, 0.4) is 0 Å². The minimum absolute atomic E-state index is 0.0217. The van der Waals surface area contributed by atoms with Crippen LogP contribution in [0, 0.1) is 10.1 Å². The molecule has 0 aliphatic heterocycles. The van der Waals surface area contributed by atoms with Crippen LogP contribution in [-0.4, -0.2) is 32.0 Å². The van der Waals surface area contributed by atoms with Crippen LogP contribution in [0.4, 0.5) is 22.0 Å². The molecule has 0 aliphatic carbocycles. The number of anilines is 2. The van der Waals surface area contributed by atoms with Gasteiger partial charge in [-0.05, 0) is 37.5 Å². The third kappa shape index (κ3) is 5.48. The fraction of sp³-hybridized carbons (Fsp3) is 0.320. The molecule has 0 saturated carbocycles. The molecule has 2 aromatic heterocycles. The normalized spacial score (nSPS) is 11.1. The molecule has 0 saturated heterocycles. The number of hydrogen-bond donors (Lipinski definition) is 3. The van der Waals surface area contributed by atoms with Crippen LogP contribution in [0.2, 0.25) is 0 Å². The monoisotopic (exact) mass is 475 g/mol. The number of nitrogen functional groups attached to an aromatic ring is 1. The second-order valence-electron chi connectivity index (χ2n) is 8.39. The second kappa shape index (κ2) is 10.8. The predicted molar refractivity (Wildman–Crippen MR) is 137 cm³/mol. The van der Waals surface area contributed by atoms with Crippen LogP contribution in [0.5, 0.6) is 0 Å². The molecule has 35 heavy (non-hydrogen) atoms. The smallest absolute Gasteiger partial charge is 0.319 e. The van der Waals surface area contributed by atoms with Gasteiger partial charge in [0.2, 0.25) is 0 Å². The summed E-state index contributed by atoms with van der Waals surface area (Å²) in [5.74, 6) is 1.45. The highest BCUT2D eigenvalue weighted by Gasteiger charge is 2.17. The maximum Gasteiger partial charge on any atom is 0.319 e. The lowest BCUT2D eigenvalue weighted by Crippen LogP contribution is -2.29. The van der Waals surface area contributed by atoms with Crippen LogP contribution >= 0.6 is 0 Å². The van der Waals surface area contributed by atoms with Gasteiger partial charge in [0.25, 0.3) is 5.69 Å². The zero-order chi connectivity index (χ0) is 24.8. The Morgan fingerprint density at radius 1 is 1.09 bits per heavy atom. The molecule has 0 atom stereocenters. The number of para-hydroxylation sites is 1. The Morgan fingerprint density at radius 3 is 2.60 bits per heavy atom. The Morgan fingerprint density at radius 2 is 1.86 bits per heavy atom. The van der Waals surface area contributed by atoms with Gasteiger partial charge in [-0.15, -0.1) is 0 Å². The van der Waals surface area contributed by atoms with E-state index in [0.29, 0.717) is 18.1 Å². The summed E-state index contributed by atoms with van der Waals surface area (Å²) in [5, 5.41) is 17.3. The number of imidazole rings is 1. The average Bonchev–Trinajstić information content (AvgIpc) is 3.22. The number of amides is 2. The summed E-state index contributed by atoms with van der Waals surface area (Å²) in [6.07, 6.45) is 4.61. The number of aromatic nitrogens is 3. The van der Waals surface area contributed by atoms with Gasteiger partial charge in [0.15, 0.2) is 5.82 Å². The number of non-ortho nitro benzene ring substituents is 1. The number of nitrogens with one attached hydrogen (secondary N) is 2. The van der Waals surface area contributed by atoms with E-state index < -0.39 is 4.92 Å². The lowest BCUT2D eigenvalue weighted by molar-refractivity contribution is -0.384. The first-order valence-electron chi connectivity index (χ1n) is 11.8. The highest BCUT2D eigenvalue weighted by atomic mass is 16.6. The van der Waals surface area contributed by atoms with Crippen molar-refractivity contribution < 1.29 is 9.72 Å². The zero-order valence-electron chi connectivity index (χ0n) is 19.7. The fourth-order valence-corrected chi connectivity index (χ4v) is 4.11. The minimum atomic E-state index is -0.478. The first-order valence-corrected chi connectivity index (χ1v) is 11.8. The molecule has 2 heterocycles. The number of fused-ring (bicyclic) bond motifs is 3. The standard InChI is InChI=1S/C25H29N7O3/c1-2-3-10-21-30-22-23(19-8-4-5-9-20(19)29-24(22)26)31(21)16-7-6-15-27-25(33)28-17-11-13-18(14-12-17)32(34)35/h4-5,8-9,11-14H,2-3,6-7,10,15-16H2,1H3,(H2,26,29)(H2,27,28,33). The molecule has 0 bridgehead atoms. The van der Waals surface area contributed by atoms with Gasteiger partial charge in [-0.3, -0.25) is 10.1 Å². The molecule has 4 rings (SSSR count). The molecule has 10 heteroatoms. The van der Waals surface area contributed by atoms with Crippen LogP contribution in [-0.2, 0) is 13.0 Å². The second-order valence-corrected chi connectivity index (χ2v) is 8.39. The molecule has 182 valence electrons. The van der Waals surface area contributed by atoms with Crippen molar-refractivity contribution in [2.24, 2.45) is 0 Å². The van der Waals surface area contributed by atoms with Crippen LogP contribution in [0.15, 0.2) is 48.5 Å². The summed E-state index contributed by atoms with van der Waals surface area (Å²) in [6, 6.07) is 13.3. The molecule has 0 aliphatic rings. The van der Waals surface area contributed by atoms with Gasteiger partial charge in [-0.25, -0.2) is 14.8 Å². The largest absolute Gasteiger partial charge is 0.382 e. The number of hydrogen-bond acceptors (Lipinski definition) is 6. The molecule has 2 amide bonds. The number of nitrogens with two attached hydrogens (primary N) is 1. The lowest BCUT2D eigenvalue weighted by Gasteiger charge is -2.11. The number of carbonyl (C=O) groups excluding carboxylic acids is 1. The van der Waals surface area contributed by atoms with Crippen LogP contribution < -0.4 is 16.4 Å². The lowest BCUT2D eigenvalue weighted by atomic mass is 10.2. The molecule has 4 aromatic rings. The van der Waals surface area contributed by atoms with E-state index in [0.717, 1.165) is 66.4 Å². The fourth-order valence-electron chi connectivity index (χ4n) is 4.11. The van der Waals surface area contributed by atoms with Crippen molar-refractivity contribution in [1.82, 2.24) is 19.9 Å². The number of carbonyl (C=O) groups is 1. The Kier molecular flexibility index (Phi) is 7.39. The summed E-state index contributed by atoms with van der Waals surface area (Å²) in [7, 11) is 0. The molecule has 0 radical (unpaired) electrons. The number of nitro benzene ring substituents is 1. The van der Waals surface area contributed by atoms with Gasteiger partial charge in [0.1, 0.15) is 11.3 Å². The van der Waals surface area contributed by atoms with Gasteiger partial charge in [0, 0.05) is 42.7 Å². The van der Waals surface area contributed by atoms with E-state index in [4.69, 9.17) is 10.7 Å². The van der Waals surface area contributed by atoms with Crippen molar-refractivity contribution in [3.63, 3.8) is 0 Å². The van der Waals surface area contributed by atoms with E-state index in [1.807, 2.05) is 18.2 Å². The summed E-state index contributed by atoms with van der Waals surface area (Å²) in [4.78, 5) is 31.8. The summed E-state index contributed by atoms with van der Waals surface area (Å²) in [6.45, 7) is 3.42. The molecule has 0 fully saturated rings. The number of rotatable bonds is 10. The molecule has 4 N–H and O–H groups in total. The predicted octanol–water partition coefficient (Wildman–Crippen LogP) is 5.02. The minimum Gasteiger partial charge on any atom is -0.382 e. The summed E-state index contributed by atoms with van der Waals surface area (Å²) >= 11 is 0. The van der Waals surface area contributed by atoms with E-state index >= 15 is 0 Å². The Balaban J connectivity index is 1.39. The van der Waals surface area contributed by atoms with E-state index in [1.54, 1.807) is 0 Å². The number of aryl methyl sites for hydroxylation is 2. The molecule has 10 nitrogen and oxygen atoms in total. The summed E-state index contributed by atoms with van der Waals surface area (Å²) in [5.41, 5.74) is 9.34. The molecule has 0 spiro atoms. The highest BCUT2D eigenvalue weighted by molar-refractivity contribution is 6.06. The van der Waals surface area contributed by atoms with Crippen molar-refractivity contribution in [3.8, 4) is 0 Å². The van der Waals surface area contributed by atoms with Crippen molar-refractivity contribution in [3.05, 3.63) is 64.5 Å². The maximum atomic E-state index is 12.2. The topological polar surface area (TPSA) is 141 Å². The third-order valence-corrected chi connectivity index (χ3v) is 5.87. The molecule has 0 unspecified atom stereocenters. The SMILES string of the molecule is CCCCc1nc2c(N)nc3ccccc3c2n1CCCCNC(=O)Nc1ccc([N+](=O)[O-])cc1. The van der Waals surface area contributed by atoms with Gasteiger partial charge in [-0.1, -0.05) is 31.5 Å². The van der Waals surface area contributed by atoms with E-state index in [-0.39, 0.29) is 11.7 Å². The Hall–Kier alpha value is -4.21. The van der Waals surface area contributed by atoms with Crippen molar-refractivity contribution in [2.45, 2.75) is 45.6 Å². The zero-order valence-corrected chi connectivity index (χ0v) is 19.7. The van der Waals surface area contributed by atoms with Crippen LogP contribution in [0.25, 0.3) is 21.9 Å². The number of nitrogens with zero attached hydrogens (tertiary/aromatic N) is 4. The van der Waals surface area contributed by atoms with Gasteiger partial charge in [0.05, 0.1) is 16.0 Å². The Labute approximate surface area is 202 Å². The maximum absolute atomic E-state index is 12.2. The van der Waals surface area contributed by atoms with E-state index in [9.17, 15) is 14.9 Å². The number of nitro groups is 1. The van der Waals surface area contributed by atoms with Crippen molar-refractivity contribution in [2.75, 3.05) is 17.6 Å². The quantitative estimate of drug-likeness (QED) is 0.167. The number of pyridine rings is 1. The summed E-state index contributed by atoms with van der Waals surface area (Å²) < 4.78 is 2.25. The highest BCUT2D eigenvalue weighted by Crippen LogP contribution is 2.29. The number of unbranched alkanes of at least 4 members (excludes halogenated alkanes) is 2. The van der Waals surface area contributed by atoms with Gasteiger partial charge < -0.3 is 20.9 Å². The molecular formula is C25H29N7O3. The van der Waals surface area contributed by atoms with Crippen molar-refractivity contribution >= 4 is 45.2 Å². The molecular weight excluding hydrogens is 446 g/mol. The molecule has 2 aromatic carbocycles. The van der Waals surface area contributed by atoms with Gasteiger partial charge in [-0.2, -0.15) is 0 Å². The Bertz CT molecular complexity index is 1350. The van der Waals surface area contributed by atoms with E-state index in [1.165, 1.54) is 24.3 Å². The van der Waals surface area contributed by atoms with E-state index in [2.05, 4.69) is 33.2 Å². The first kappa shape index (κ1) is 23.9.